The molecule has 0 atom stereocenters. The van der Waals surface area contributed by atoms with E-state index >= 15 is 0 Å². The monoisotopic (exact) mass is 224 g/mol. The van der Waals surface area contributed by atoms with Crippen molar-refractivity contribution in [3.63, 3.8) is 0 Å². The largest absolute Gasteiger partial charge is 0.405 e. The third kappa shape index (κ3) is 2.36. The summed E-state index contributed by atoms with van der Waals surface area (Å²) >= 11 is 0. The molecule has 0 saturated carbocycles. The number of aromatic nitrogens is 1. The molecule has 0 amide bonds. The zero-order valence-electron chi connectivity index (χ0n) is 10.1. The van der Waals surface area contributed by atoms with Crippen molar-refractivity contribution in [1.29, 1.82) is 0 Å². The Kier molecular flexibility index (Phi) is 3.24. The van der Waals surface area contributed by atoms with E-state index in [0.717, 1.165) is 22.2 Å². The van der Waals surface area contributed by atoms with E-state index in [2.05, 4.69) is 29.2 Å². The molecule has 86 valence electrons. The summed E-state index contributed by atoms with van der Waals surface area (Å²) in [6.45, 7) is 4.01. The Bertz CT molecular complexity index is 595. The lowest BCUT2D eigenvalue weighted by Crippen LogP contribution is -1.86. The smallest absolute Gasteiger partial charge is 0.0379 e. The number of nitrogens with two attached hydrogens (primary N) is 1. The fourth-order valence-corrected chi connectivity index (χ4v) is 1.89. The molecule has 1 heterocycles. The number of benzene rings is 1. The maximum atomic E-state index is 5.44. The number of pyridine rings is 1. The van der Waals surface area contributed by atoms with E-state index in [1.165, 1.54) is 5.39 Å². The summed E-state index contributed by atoms with van der Waals surface area (Å²) in [7, 11) is 0. The van der Waals surface area contributed by atoms with Gasteiger partial charge in [-0.05, 0) is 54.8 Å². The van der Waals surface area contributed by atoms with E-state index in [-0.39, 0.29) is 0 Å². The molecular weight excluding hydrogens is 208 g/mol. The maximum Gasteiger partial charge on any atom is 0.0379 e. The van der Waals surface area contributed by atoms with E-state index in [0.29, 0.717) is 0 Å². The zero-order chi connectivity index (χ0) is 12.3. The second-order valence-electron chi connectivity index (χ2n) is 3.99. The van der Waals surface area contributed by atoms with Gasteiger partial charge in [0, 0.05) is 17.3 Å². The van der Waals surface area contributed by atoms with Gasteiger partial charge >= 0.3 is 0 Å². The van der Waals surface area contributed by atoms with Crippen LogP contribution in [0.3, 0.4) is 0 Å². The van der Waals surface area contributed by atoms with Gasteiger partial charge in [-0.2, -0.15) is 0 Å². The van der Waals surface area contributed by atoms with E-state index in [1.54, 1.807) is 6.20 Å². The molecule has 1 aromatic heterocycles. The molecule has 0 unspecified atom stereocenters. The lowest BCUT2D eigenvalue weighted by atomic mass is 10.0. The maximum absolute atomic E-state index is 5.44. The first-order valence-electron chi connectivity index (χ1n) is 5.66. The predicted molar refractivity (Wildman–Crippen MR) is 73.5 cm³/mol. The van der Waals surface area contributed by atoms with Gasteiger partial charge in [0.15, 0.2) is 0 Å². The molecule has 0 aliphatic heterocycles. The molecule has 2 N–H and O–H groups in total. The SMILES string of the molecule is C/C=C(\C=C/N)c1ccc2cc(C)ncc2c1. The summed E-state index contributed by atoms with van der Waals surface area (Å²) in [4.78, 5) is 4.32. The zero-order valence-corrected chi connectivity index (χ0v) is 10.1. The van der Waals surface area contributed by atoms with Crippen LogP contribution in [0.4, 0.5) is 0 Å². The molecular formula is C15H16N2. The van der Waals surface area contributed by atoms with Gasteiger partial charge in [-0.25, -0.2) is 0 Å². The van der Waals surface area contributed by atoms with E-state index in [4.69, 9.17) is 5.73 Å². The first-order valence-corrected chi connectivity index (χ1v) is 5.66. The van der Waals surface area contributed by atoms with Crippen LogP contribution in [0.2, 0.25) is 0 Å². The summed E-state index contributed by atoms with van der Waals surface area (Å²) in [6, 6.07) is 8.45. The van der Waals surface area contributed by atoms with Crippen molar-refractivity contribution in [2.75, 3.05) is 0 Å². The highest BCUT2D eigenvalue weighted by Gasteiger charge is 2.00. The van der Waals surface area contributed by atoms with Crippen LogP contribution in [0.5, 0.6) is 0 Å². The standard InChI is InChI=1S/C15H16N2/c1-3-12(6-7-16)14-5-4-13-8-11(2)17-10-15(13)9-14/h3-10H,16H2,1-2H3/b7-6-,12-3+. The molecule has 2 heteroatoms. The highest BCUT2D eigenvalue weighted by atomic mass is 14.6. The molecule has 2 aromatic rings. The van der Waals surface area contributed by atoms with Crippen LogP contribution in [0.15, 0.2) is 48.8 Å². The minimum absolute atomic E-state index is 1.04. The normalized spacial score (nSPS) is 12.5. The summed E-state index contributed by atoms with van der Waals surface area (Å²) < 4.78 is 0. The number of hydrogen-bond acceptors (Lipinski definition) is 2. The van der Waals surface area contributed by atoms with Crippen molar-refractivity contribution < 1.29 is 0 Å². The summed E-state index contributed by atoms with van der Waals surface area (Å²) in [6.07, 6.45) is 7.43. The molecule has 1 aromatic carbocycles. The van der Waals surface area contributed by atoms with E-state index < -0.39 is 0 Å². The average molecular weight is 224 g/mol. The van der Waals surface area contributed by atoms with Crippen molar-refractivity contribution in [2.45, 2.75) is 13.8 Å². The lowest BCUT2D eigenvalue weighted by molar-refractivity contribution is 1.22. The third-order valence-electron chi connectivity index (χ3n) is 2.78. The first-order chi connectivity index (χ1) is 8.24. The first kappa shape index (κ1) is 11.4. The number of allylic oxidation sites excluding steroid dienone is 3. The van der Waals surface area contributed by atoms with E-state index in [9.17, 15) is 0 Å². The van der Waals surface area contributed by atoms with Crippen LogP contribution in [0, 0.1) is 6.92 Å². The molecule has 0 fully saturated rings. The second-order valence-corrected chi connectivity index (χ2v) is 3.99. The van der Waals surface area contributed by atoms with Crippen LogP contribution in [0.1, 0.15) is 18.2 Å². The Morgan fingerprint density at radius 3 is 2.76 bits per heavy atom. The number of fused-ring (bicyclic) bond motifs is 1. The molecule has 0 saturated heterocycles. The Balaban J connectivity index is 2.55. The number of rotatable bonds is 2. The molecule has 0 spiro atoms. The Morgan fingerprint density at radius 1 is 1.24 bits per heavy atom. The van der Waals surface area contributed by atoms with Crippen molar-refractivity contribution in [3.05, 3.63) is 60.1 Å². The number of aryl methyl sites for hydroxylation is 1. The van der Waals surface area contributed by atoms with Gasteiger partial charge in [-0.1, -0.05) is 18.2 Å². The summed E-state index contributed by atoms with van der Waals surface area (Å²) in [5.74, 6) is 0. The molecule has 2 nitrogen and oxygen atoms in total. The van der Waals surface area contributed by atoms with E-state index in [1.807, 2.05) is 32.2 Å². The Morgan fingerprint density at radius 2 is 2.06 bits per heavy atom. The topological polar surface area (TPSA) is 38.9 Å². The number of nitrogens with zero attached hydrogens (tertiary/aromatic N) is 1. The van der Waals surface area contributed by atoms with Gasteiger partial charge in [-0.3, -0.25) is 4.98 Å². The van der Waals surface area contributed by atoms with Crippen molar-refractivity contribution >= 4 is 16.3 Å². The van der Waals surface area contributed by atoms with Gasteiger partial charge in [0.2, 0.25) is 0 Å². The quantitative estimate of drug-likeness (QED) is 0.794. The minimum Gasteiger partial charge on any atom is -0.405 e. The fraction of sp³-hybridized carbons (Fsp3) is 0.133. The third-order valence-corrected chi connectivity index (χ3v) is 2.78. The van der Waals surface area contributed by atoms with Crippen LogP contribution >= 0.6 is 0 Å². The molecule has 17 heavy (non-hydrogen) atoms. The minimum atomic E-state index is 1.04. The van der Waals surface area contributed by atoms with Crippen LogP contribution in [-0.2, 0) is 0 Å². The van der Waals surface area contributed by atoms with Crippen LogP contribution in [-0.4, -0.2) is 4.98 Å². The van der Waals surface area contributed by atoms with Crippen LogP contribution in [0.25, 0.3) is 16.3 Å². The Labute approximate surface area is 101 Å². The van der Waals surface area contributed by atoms with Crippen molar-refractivity contribution in [1.82, 2.24) is 4.98 Å². The molecule has 0 aliphatic rings. The molecule has 0 bridgehead atoms. The average Bonchev–Trinajstić information content (AvgIpc) is 2.35. The fourth-order valence-electron chi connectivity index (χ4n) is 1.89. The lowest BCUT2D eigenvalue weighted by Gasteiger charge is -2.05. The second kappa shape index (κ2) is 4.83. The molecule has 0 aliphatic carbocycles. The highest BCUT2D eigenvalue weighted by Crippen LogP contribution is 2.22. The van der Waals surface area contributed by atoms with Crippen molar-refractivity contribution in [2.24, 2.45) is 5.73 Å². The Hall–Kier alpha value is -2.09. The van der Waals surface area contributed by atoms with Gasteiger partial charge in [0.05, 0.1) is 0 Å². The van der Waals surface area contributed by atoms with Crippen molar-refractivity contribution in [3.8, 4) is 0 Å². The summed E-state index contributed by atoms with van der Waals surface area (Å²) in [5, 5.41) is 2.37. The van der Waals surface area contributed by atoms with Crippen LogP contribution < -0.4 is 5.73 Å². The van der Waals surface area contributed by atoms with Gasteiger partial charge in [-0.15, -0.1) is 0 Å². The predicted octanol–water partition coefficient (Wildman–Crippen LogP) is 3.42. The van der Waals surface area contributed by atoms with Gasteiger partial charge in [0.25, 0.3) is 0 Å². The highest BCUT2D eigenvalue weighted by molar-refractivity contribution is 5.87. The summed E-state index contributed by atoms with van der Waals surface area (Å²) in [5.41, 5.74) is 8.76. The van der Waals surface area contributed by atoms with Gasteiger partial charge < -0.3 is 5.73 Å². The molecule has 0 radical (unpaired) electrons. The van der Waals surface area contributed by atoms with Gasteiger partial charge in [0.1, 0.15) is 0 Å². The number of hydrogen-bond donors (Lipinski definition) is 1. The molecule has 2 rings (SSSR count).